The van der Waals surface area contributed by atoms with Gasteiger partial charge in [-0.2, -0.15) is 11.3 Å². The van der Waals surface area contributed by atoms with Crippen LogP contribution in [-0.4, -0.2) is 51.5 Å². The maximum Gasteiger partial charge on any atom is 0.0589 e. The lowest BCUT2D eigenvalue weighted by Gasteiger charge is -2.33. The second-order valence-corrected chi connectivity index (χ2v) is 5.16. The normalized spacial score (nSPS) is 14.9. The second-order valence-electron chi connectivity index (χ2n) is 4.38. The van der Waals surface area contributed by atoms with E-state index in [1.54, 1.807) is 25.6 Å². The van der Waals surface area contributed by atoms with Crippen molar-refractivity contribution in [3.63, 3.8) is 0 Å². The molecule has 2 N–H and O–H groups in total. The zero-order valence-electron chi connectivity index (χ0n) is 11.5. The van der Waals surface area contributed by atoms with Crippen LogP contribution in [0.25, 0.3) is 0 Å². The van der Waals surface area contributed by atoms with Crippen LogP contribution in [0.4, 0.5) is 0 Å². The molecule has 0 saturated carbocycles. The van der Waals surface area contributed by atoms with Gasteiger partial charge in [0.05, 0.1) is 19.3 Å². The third-order valence-electron chi connectivity index (χ3n) is 2.94. The lowest BCUT2D eigenvalue weighted by Crippen LogP contribution is -2.42. The van der Waals surface area contributed by atoms with E-state index in [4.69, 9.17) is 15.2 Å². The monoisotopic (exact) mass is 272 g/mol. The molecule has 0 radical (unpaired) electrons. The molecule has 0 bridgehead atoms. The molecular formula is C13H24N2O2S. The molecule has 0 aliphatic heterocycles. The number of hydrogen-bond acceptors (Lipinski definition) is 5. The van der Waals surface area contributed by atoms with Crippen LogP contribution < -0.4 is 5.73 Å². The summed E-state index contributed by atoms with van der Waals surface area (Å²) in [5.74, 6) is 0. The number of ether oxygens (including phenoxy) is 2. The Hall–Kier alpha value is -0.460. The third-order valence-corrected chi connectivity index (χ3v) is 3.64. The van der Waals surface area contributed by atoms with Crippen LogP contribution in [0.15, 0.2) is 16.8 Å². The summed E-state index contributed by atoms with van der Waals surface area (Å²) in [7, 11) is 3.44. The van der Waals surface area contributed by atoms with E-state index in [1.165, 1.54) is 5.56 Å². The third kappa shape index (κ3) is 4.66. The zero-order valence-corrected chi connectivity index (χ0v) is 12.3. The Balaban J connectivity index is 2.76. The summed E-state index contributed by atoms with van der Waals surface area (Å²) in [6.07, 6.45) is 0. The zero-order chi connectivity index (χ0) is 13.4. The van der Waals surface area contributed by atoms with Gasteiger partial charge in [-0.3, -0.25) is 4.90 Å². The molecule has 0 spiro atoms. The average molecular weight is 272 g/mol. The molecule has 18 heavy (non-hydrogen) atoms. The number of thiophene rings is 1. The van der Waals surface area contributed by atoms with E-state index in [9.17, 15) is 0 Å². The molecule has 0 aliphatic rings. The molecule has 0 fully saturated rings. The first-order valence-electron chi connectivity index (χ1n) is 6.20. The van der Waals surface area contributed by atoms with Crippen molar-refractivity contribution >= 4 is 11.3 Å². The Morgan fingerprint density at radius 3 is 2.28 bits per heavy atom. The Labute approximate surface area is 114 Å². The van der Waals surface area contributed by atoms with Crippen LogP contribution in [0.5, 0.6) is 0 Å². The summed E-state index contributed by atoms with van der Waals surface area (Å²) in [4.78, 5) is 2.33. The van der Waals surface area contributed by atoms with Crippen molar-refractivity contribution in [2.75, 3.05) is 40.5 Å². The Bertz CT molecular complexity index is 296. The summed E-state index contributed by atoms with van der Waals surface area (Å²) in [5.41, 5.74) is 7.43. The van der Waals surface area contributed by atoms with E-state index in [0.717, 1.165) is 13.1 Å². The fourth-order valence-corrected chi connectivity index (χ4v) is 2.79. The minimum absolute atomic E-state index is 0.0771. The van der Waals surface area contributed by atoms with Gasteiger partial charge in [0.25, 0.3) is 0 Å². The van der Waals surface area contributed by atoms with Crippen molar-refractivity contribution in [2.45, 2.75) is 19.0 Å². The standard InChI is InChI=1S/C13H24N2O2S/c1-11(14)13(12-4-9-18-10-12)15(5-7-16-2)6-8-17-3/h4,9-11,13H,5-8,14H2,1-3H3. The van der Waals surface area contributed by atoms with Crippen LogP contribution in [0, 0.1) is 0 Å². The van der Waals surface area contributed by atoms with E-state index in [0.29, 0.717) is 13.2 Å². The van der Waals surface area contributed by atoms with Crippen LogP contribution in [-0.2, 0) is 9.47 Å². The van der Waals surface area contributed by atoms with Gasteiger partial charge in [-0.1, -0.05) is 0 Å². The lowest BCUT2D eigenvalue weighted by atomic mass is 10.0. The molecule has 0 saturated heterocycles. The maximum atomic E-state index is 6.15. The van der Waals surface area contributed by atoms with Gasteiger partial charge in [0.2, 0.25) is 0 Å². The van der Waals surface area contributed by atoms with Crippen LogP contribution in [0.3, 0.4) is 0 Å². The predicted molar refractivity (Wildman–Crippen MR) is 76.0 cm³/mol. The highest BCUT2D eigenvalue weighted by atomic mass is 32.1. The highest BCUT2D eigenvalue weighted by Crippen LogP contribution is 2.25. The molecule has 0 aliphatic carbocycles. The molecule has 4 nitrogen and oxygen atoms in total. The fourth-order valence-electron chi connectivity index (χ4n) is 2.10. The Morgan fingerprint density at radius 2 is 1.89 bits per heavy atom. The summed E-state index contributed by atoms with van der Waals surface area (Å²) in [6.45, 7) is 5.19. The van der Waals surface area contributed by atoms with Gasteiger partial charge in [-0.05, 0) is 29.3 Å². The average Bonchev–Trinajstić information content (AvgIpc) is 2.85. The van der Waals surface area contributed by atoms with Crippen molar-refractivity contribution < 1.29 is 9.47 Å². The fraction of sp³-hybridized carbons (Fsp3) is 0.692. The molecule has 2 atom stereocenters. The highest BCUT2D eigenvalue weighted by Gasteiger charge is 2.23. The van der Waals surface area contributed by atoms with Crippen LogP contribution in [0.1, 0.15) is 18.5 Å². The largest absolute Gasteiger partial charge is 0.383 e. The first-order chi connectivity index (χ1) is 8.70. The lowest BCUT2D eigenvalue weighted by molar-refractivity contribution is 0.0802. The van der Waals surface area contributed by atoms with Gasteiger partial charge < -0.3 is 15.2 Å². The van der Waals surface area contributed by atoms with Gasteiger partial charge in [-0.15, -0.1) is 0 Å². The molecule has 1 aromatic rings. The van der Waals surface area contributed by atoms with Crippen molar-refractivity contribution in [3.05, 3.63) is 22.4 Å². The summed E-state index contributed by atoms with van der Waals surface area (Å²) in [5, 5.41) is 4.26. The van der Waals surface area contributed by atoms with E-state index >= 15 is 0 Å². The molecule has 0 aromatic carbocycles. The van der Waals surface area contributed by atoms with Crippen molar-refractivity contribution in [3.8, 4) is 0 Å². The van der Waals surface area contributed by atoms with Gasteiger partial charge >= 0.3 is 0 Å². The number of nitrogens with zero attached hydrogens (tertiary/aromatic N) is 1. The van der Waals surface area contributed by atoms with Crippen LogP contribution in [0.2, 0.25) is 0 Å². The van der Waals surface area contributed by atoms with E-state index in [1.807, 2.05) is 0 Å². The van der Waals surface area contributed by atoms with Crippen molar-refractivity contribution in [1.82, 2.24) is 4.90 Å². The van der Waals surface area contributed by atoms with Crippen molar-refractivity contribution in [2.24, 2.45) is 5.73 Å². The minimum atomic E-state index is 0.0771. The van der Waals surface area contributed by atoms with Gasteiger partial charge in [0, 0.05) is 33.4 Å². The molecule has 104 valence electrons. The SMILES string of the molecule is COCCN(CCOC)C(c1ccsc1)C(C)N. The summed E-state index contributed by atoms with van der Waals surface area (Å²) < 4.78 is 10.4. The summed E-state index contributed by atoms with van der Waals surface area (Å²) in [6, 6.07) is 2.44. The van der Waals surface area contributed by atoms with Gasteiger partial charge in [0.1, 0.15) is 0 Å². The van der Waals surface area contributed by atoms with E-state index < -0.39 is 0 Å². The first-order valence-corrected chi connectivity index (χ1v) is 7.14. The molecule has 2 unspecified atom stereocenters. The maximum absolute atomic E-state index is 6.15. The Morgan fingerprint density at radius 1 is 1.28 bits per heavy atom. The quantitative estimate of drug-likeness (QED) is 0.744. The van der Waals surface area contributed by atoms with E-state index in [2.05, 4.69) is 28.7 Å². The second kappa shape index (κ2) is 8.61. The van der Waals surface area contributed by atoms with Crippen LogP contribution >= 0.6 is 11.3 Å². The van der Waals surface area contributed by atoms with Gasteiger partial charge in [-0.25, -0.2) is 0 Å². The predicted octanol–water partition coefficient (Wildman–Crippen LogP) is 1.73. The first kappa shape index (κ1) is 15.6. The number of nitrogens with two attached hydrogens (primary N) is 1. The molecule has 0 amide bonds. The molecule has 1 rings (SSSR count). The van der Waals surface area contributed by atoms with E-state index in [-0.39, 0.29) is 12.1 Å². The molecular weight excluding hydrogens is 248 g/mol. The summed E-state index contributed by atoms with van der Waals surface area (Å²) >= 11 is 1.71. The highest BCUT2D eigenvalue weighted by molar-refractivity contribution is 7.07. The smallest absolute Gasteiger partial charge is 0.0589 e. The molecule has 1 heterocycles. The molecule has 1 aromatic heterocycles. The Kier molecular flexibility index (Phi) is 7.46. The minimum Gasteiger partial charge on any atom is -0.383 e. The van der Waals surface area contributed by atoms with Gasteiger partial charge in [0.15, 0.2) is 0 Å². The van der Waals surface area contributed by atoms with Crippen molar-refractivity contribution in [1.29, 1.82) is 0 Å². The number of hydrogen-bond donors (Lipinski definition) is 1. The number of methoxy groups -OCH3 is 2. The number of rotatable bonds is 9. The molecule has 5 heteroatoms. The topological polar surface area (TPSA) is 47.7 Å².